The lowest BCUT2D eigenvalue weighted by atomic mass is 9.46. The summed E-state index contributed by atoms with van der Waals surface area (Å²) in [7, 11) is 0. The van der Waals surface area contributed by atoms with E-state index in [0.29, 0.717) is 43.7 Å². The van der Waals surface area contributed by atoms with E-state index in [9.17, 15) is 14.7 Å². The number of benzene rings is 1. The summed E-state index contributed by atoms with van der Waals surface area (Å²) < 4.78 is 16.1. The zero-order valence-electron chi connectivity index (χ0n) is 17.2. The van der Waals surface area contributed by atoms with Gasteiger partial charge in [-0.3, -0.25) is 15.0 Å². The first kappa shape index (κ1) is 18.8. The van der Waals surface area contributed by atoms with E-state index in [2.05, 4.69) is 15.5 Å². The Balaban J connectivity index is 1.53. The van der Waals surface area contributed by atoms with Gasteiger partial charge in [-0.25, -0.2) is 9.18 Å². The monoisotopic (exact) mass is 413 g/mol. The molecule has 0 unspecified atom stereocenters. The molecule has 3 N–H and O–H groups in total. The molecule has 2 saturated carbocycles. The van der Waals surface area contributed by atoms with Gasteiger partial charge in [-0.2, -0.15) is 0 Å². The number of alkyl halides is 1. The number of aryl methyl sites for hydroxylation is 1. The maximum Gasteiger partial charge on any atom is 0.322 e. The molecule has 30 heavy (non-hydrogen) atoms. The molecule has 2 saturated heterocycles. The van der Waals surface area contributed by atoms with Crippen LogP contribution in [0.5, 0.6) is 0 Å². The molecule has 2 aliphatic heterocycles. The molecule has 5 aliphatic rings. The molecule has 0 aromatic heterocycles. The summed E-state index contributed by atoms with van der Waals surface area (Å²) in [4.78, 5) is 27.0. The van der Waals surface area contributed by atoms with Crippen LogP contribution in [-0.2, 0) is 10.2 Å². The van der Waals surface area contributed by atoms with Gasteiger partial charge in [0.15, 0.2) is 0 Å². The highest BCUT2D eigenvalue weighted by Gasteiger charge is 2.71. The molecule has 6 nitrogen and oxygen atoms in total. The molecular formula is C23H28FN3O3. The van der Waals surface area contributed by atoms with E-state index in [1.807, 2.05) is 25.1 Å². The van der Waals surface area contributed by atoms with Crippen molar-refractivity contribution >= 4 is 11.9 Å². The number of rotatable bonds is 2. The molecular weight excluding hydrogens is 385 g/mol. The van der Waals surface area contributed by atoms with E-state index in [1.165, 1.54) is 12.8 Å². The number of piperidine rings is 1. The maximum atomic E-state index is 16.1. The van der Waals surface area contributed by atoms with Gasteiger partial charge in [0, 0.05) is 12.0 Å². The van der Waals surface area contributed by atoms with Crippen LogP contribution in [0.4, 0.5) is 9.18 Å². The van der Waals surface area contributed by atoms with Crippen LogP contribution < -0.4 is 10.6 Å². The number of imide groups is 1. The normalized spacial score (nSPS) is 42.5. The number of carbonyl (C=O) groups excluding carboxylic acids is 2. The van der Waals surface area contributed by atoms with Gasteiger partial charge < -0.3 is 10.4 Å². The number of nitrogens with one attached hydrogen (secondary N) is 2. The quantitative estimate of drug-likeness (QED) is 0.650. The Kier molecular flexibility index (Phi) is 3.64. The van der Waals surface area contributed by atoms with Crippen molar-refractivity contribution in [1.82, 2.24) is 15.5 Å². The van der Waals surface area contributed by atoms with Crippen molar-refractivity contribution in [2.75, 3.05) is 13.1 Å². The molecule has 5 atom stereocenters. The first-order valence-electron chi connectivity index (χ1n) is 11.1. The molecule has 4 fully saturated rings. The number of hydrogen-bond acceptors (Lipinski definition) is 4. The van der Waals surface area contributed by atoms with Crippen molar-refractivity contribution < 1.29 is 19.1 Å². The number of fused-ring (bicyclic) bond motifs is 1. The van der Waals surface area contributed by atoms with Crippen molar-refractivity contribution in [3.05, 3.63) is 34.9 Å². The Bertz CT molecular complexity index is 965. The number of likely N-dealkylation sites (tertiary alicyclic amines) is 1. The van der Waals surface area contributed by atoms with Crippen molar-refractivity contribution in [2.45, 2.75) is 74.2 Å². The lowest BCUT2D eigenvalue weighted by Crippen LogP contribution is -2.76. The summed E-state index contributed by atoms with van der Waals surface area (Å²) in [5.41, 5.74) is -0.577. The minimum atomic E-state index is -1.26. The number of nitrogens with zero attached hydrogens (tertiary/aromatic N) is 1. The van der Waals surface area contributed by atoms with Gasteiger partial charge in [-0.15, -0.1) is 0 Å². The second kappa shape index (κ2) is 5.82. The third-order valence-electron chi connectivity index (χ3n) is 8.58. The maximum absolute atomic E-state index is 16.1. The number of halogens is 1. The molecule has 1 aromatic carbocycles. The standard InChI is InChI=1S/C23H28FN3O3/c1-13-2-5-15-16(10-13)21-8-9-27(11-14-3-4-14)18(17(15)24)23(21,30)7-6-22(12-21)19(28)25-20(29)26-22/h2,5,10,14,17-18,30H,3-4,6-9,11-12H2,1H3,(H2,25,26,28,29)/t17-,18-,21-,22+,23-/m1/s1. The predicted molar refractivity (Wildman–Crippen MR) is 108 cm³/mol. The fraction of sp³-hybridized carbons (Fsp3) is 0.652. The summed E-state index contributed by atoms with van der Waals surface area (Å²) >= 11 is 0. The van der Waals surface area contributed by atoms with E-state index in [4.69, 9.17) is 0 Å². The van der Waals surface area contributed by atoms with Gasteiger partial charge >= 0.3 is 6.03 Å². The zero-order chi connectivity index (χ0) is 20.9. The molecule has 0 radical (unpaired) electrons. The summed E-state index contributed by atoms with van der Waals surface area (Å²) in [6.07, 6.45) is 2.67. The molecule has 1 spiro atoms. The Labute approximate surface area is 175 Å². The third kappa shape index (κ3) is 2.25. The highest BCUT2D eigenvalue weighted by molar-refractivity contribution is 6.07. The average Bonchev–Trinajstić information content (AvgIpc) is 3.46. The van der Waals surface area contributed by atoms with E-state index in [0.717, 1.165) is 17.7 Å². The minimum Gasteiger partial charge on any atom is -0.387 e. The topological polar surface area (TPSA) is 81.7 Å². The Morgan fingerprint density at radius 3 is 2.73 bits per heavy atom. The Morgan fingerprint density at radius 1 is 1.23 bits per heavy atom. The van der Waals surface area contributed by atoms with E-state index >= 15 is 4.39 Å². The number of carbonyl (C=O) groups is 2. The van der Waals surface area contributed by atoms with Crippen LogP contribution >= 0.6 is 0 Å². The summed E-state index contributed by atoms with van der Waals surface area (Å²) in [6, 6.07) is 4.69. The van der Waals surface area contributed by atoms with Crippen molar-refractivity contribution in [3.8, 4) is 0 Å². The number of aliphatic hydroxyl groups is 1. The third-order valence-corrected chi connectivity index (χ3v) is 8.58. The first-order valence-corrected chi connectivity index (χ1v) is 11.1. The number of hydrogen-bond donors (Lipinski definition) is 3. The lowest BCUT2D eigenvalue weighted by Gasteiger charge is -2.66. The fourth-order valence-corrected chi connectivity index (χ4v) is 6.96. The molecule has 7 heteroatoms. The second-order valence-electron chi connectivity index (χ2n) is 10.3. The van der Waals surface area contributed by atoms with Gasteiger partial charge in [0.1, 0.15) is 11.7 Å². The Hall–Kier alpha value is -1.99. The molecule has 160 valence electrons. The van der Waals surface area contributed by atoms with Crippen molar-refractivity contribution in [3.63, 3.8) is 0 Å². The first-order chi connectivity index (χ1) is 14.3. The zero-order valence-corrected chi connectivity index (χ0v) is 17.2. The van der Waals surface area contributed by atoms with E-state index < -0.39 is 34.8 Å². The highest BCUT2D eigenvalue weighted by Crippen LogP contribution is 2.63. The van der Waals surface area contributed by atoms with E-state index in [-0.39, 0.29) is 5.91 Å². The second-order valence-corrected chi connectivity index (χ2v) is 10.3. The van der Waals surface area contributed by atoms with E-state index in [1.54, 1.807) is 0 Å². The smallest absolute Gasteiger partial charge is 0.322 e. The van der Waals surface area contributed by atoms with Gasteiger partial charge in [0.25, 0.3) is 5.91 Å². The van der Waals surface area contributed by atoms with Gasteiger partial charge in [0.05, 0.1) is 11.6 Å². The molecule has 2 heterocycles. The van der Waals surface area contributed by atoms with Crippen LogP contribution in [0.25, 0.3) is 0 Å². The highest BCUT2D eigenvalue weighted by atomic mass is 19.1. The molecule has 3 aliphatic carbocycles. The van der Waals surface area contributed by atoms with Crippen LogP contribution in [0.2, 0.25) is 0 Å². The van der Waals surface area contributed by atoms with Crippen LogP contribution in [0, 0.1) is 12.8 Å². The number of amides is 3. The number of urea groups is 1. The minimum absolute atomic E-state index is 0.292. The summed E-state index contributed by atoms with van der Waals surface area (Å²) in [6.45, 7) is 3.50. The average molecular weight is 413 g/mol. The van der Waals surface area contributed by atoms with Crippen molar-refractivity contribution in [2.24, 2.45) is 5.92 Å². The lowest BCUT2D eigenvalue weighted by molar-refractivity contribution is -0.198. The van der Waals surface area contributed by atoms with Crippen LogP contribution in [0.1, 0.15) is 61.4 Å². The van der Waals surface area contributed by atoms with Crippen molar-refractivity contribution in [1.29, 1.82) is 0 Å². The molecule has 6 rings (SSSR count). The molecule has 1 aromatic rings. The van der Waals surface area contributed by atoms with Crippen LogP contribution in [-0.4, -0.2) is 52.2 Å². The van der Waals surface area contributed by atoms with Crippen LogP contribution in [0.3, 0.4) is 0 Å². The summed E-state index contributed by atoms with van der Waals surface area (Å²) in [5.74, 6) is 0.278. The van der Waals surface area contributed by atoms with Gasteiger partial charge in [-0.1, -0.05) is 23.8 Å². The fourth-order valence-electron chi connectivity index (χ4n) is 6.96. The van der Waals surface area contributed by atoms with Gasteiger partial charge in [-0.05, 0) is 69.0 Å². The molecule has 2 bridgehead atoms. The van der Waals surface area contributed by atoms with Crippen LogP contribution in [0.15, 0.2) is 18.2 Å². The predicted octanol–water partition coefficient (Wildman–Crippen LogP) is 2.23. The van der Waals surface area contributed by atoms with Gasteiger partial charge in [0.2, 0.25) is 0 Å². The Morgan fingerprint density at radius 2 is 2.03 bits per heavy atom. The largest absolute Gasteiger partial charge is 0.387 e. The summed E-state index contributed by atoms with van der Waals surface area (Å²) in [5, 5.41) is 17.5. The SMILES string of the molecule is Cc1ccc2c(c1)[C@]13CCN(CC4CC4)[C@H]([C@@H]2F)[C@]1(O)CC[C@@]1(C3)NC(=O)NC1=O. The molecule has 3 amide bonds.